The van der Waals surface area contributed by atoms with Gasteiger partial charge in [-0.1, -0.05) is 17.4 Å². The van der Waals surface area contributed by atoms with Crippen molar-refractivity contribution in [2.45, 2.75) is 0 Å². The number of rotatable bonds is 7. The molecule has 0 aliphatic rings. The molecule has 0 unspecified atom stereocenters. The van der Waals surface area contributed by atoms with Crippen molar-refractivity contribution in [3.05, 3.63) is 68.8 Å². The topological polar surface area (TPSA) is 134 Å². The highest BCUT2D eigenvalue weighted by Gasteiger charge is 2.11. The van der Waals surface area contributed by atoms with Gasteiger partial charge in [0, 0.05) is 24.3 Å². The average molecular weight is 331 g/mol. The summed E-state index contributed by atoms with van der Waals surface area (Å²) >= 11 is 0. The predicted molar refractivity (Wildman–Crippen MR) is 85.1 cm³/mol. The molecule has 10 heteroatoms. The SMILES string of the molecule is O=[N+]([O-])c1cccc(N=NN(CCO)c2cccc([N+](=O)[O-])c2)c1. The summed E-state index contributed by atoms with van der Waals surface area (Å²) in [7, 11) is 0. The van der Waals surface area contributed by atoms with E-state index in [4.69, 9.17) is 5.11 Å². The number of aliphatic hydroxyl groups excluding tert-OH is 1. The summed E-state index contributed by atoms with van der Waals surface area (Å²) in [5.41, 5.74) is 0.362. The summed E-state index contributed by atoms with van der Waals surface area (Å²) in [5.74, 6) is 0. The Kier molecular flexibility index (Phi) is 5.47. The molecule has 124 valence electrons. The molecule has 2 rings (SSSR count). The van der Waals surface area contributed by atoms with E-state index in [1.54, 1.807) is 6.07 Å². The molecule has 0 atom stereocenters. The molecule has 10 nitrogen and oxygen atoms in total. The highest BCUT2D eigenvalue weighted by Crippen LogP contribution is 2.24. The van der Waals surface area contributed by atoms with Crippen molar-refractivity contribution in [2.24, 2.45) is 10.3 Å². The summed E-state index contributed by atoms with van der Waals surface area (Å²) in [4.78, 5) is 20.5. The molecule has 1 N–H and O–H groups in total. The summed E-state index contributed by atoms with van der Waals surface area (Å²) in [5, 5.41) is 39.8. The minimum absolute atomic E-state index is 0.0552. The third kappa shape index (κ3) is 4.30. The first kappa shape index (κ1) is 17.0. The van der Waals surface area contributed by atoms with Gasteiger partial charge in [-0.3, -0.25) is 20.2 Å². The van der Waals surface area contributed by atoms with Crippen LogP contribution in [0.15, 0.2) is 58.9 Å². The molecule has 0 heterocycles. The van der Waals surface area contributed by atoms with Crippen molar-refractivity contribution >= 4 is 22.7 Å². The maximum Gasteiger partial charge on any atom is 0.271 e. The van der Waals surface area contributed by atoms with Crippen LogP contribution in [0.25, 0.3) is 0 Å². The molecule has 0 bridgehead atoms. The lowest BCUT2D eigenvalue weighted by molar-refractivity contribution is -0.385. The van der Waals surface area contributed by atoms with Gasteiger partial charge in [0.05, 0.1) is 34.4 Å². The minimum Gasteiger partial charge on any atom is -0.394 e. The van der Waals surface area contributed by atoms with Crippen molar-refractivity contribution in [1.29, 1.82) is 0 Å². The first-order chi connectivity index (χ1) is 11.5. The number of hydrogen-bond donors (Lipinski definition) is 1. The second-order valence-electron chi connectivity index (χ2n) is 4.59. The second-order valence-corrected chi connectivity index (χ2v) is 4.59. The van der Waals surface area contributed by atoms with Crippen molar-refractivity contribution in [3.63, 3.8) is 0 Å². The third-order valence-electron chi connectivity index (χ3n) is 2.96. The van der Waals surface area contributed by atoms with Crippen LogP contribution in [-0.2, 0) is 0 Å². The molecule has 0 aliphatic carbocycles. The standard InChI is InChI=1S/C14H13N5O5/c20-8-7-17(12-4-2-6-14(10-12)19(23)24)16-15-11-3-1-5-13(9-11)18(21)22/h1-6,9-10,20H,7-8H2. The van der Waals surface area contributed by atoms with Crippen LogP contribution < -0.4 is 5.01 Å². The van der Waals surface area contributed by atoms with E-state index in [2.05, 4.69) is 10.3 Å². The summed E-state index contributed by atoms with van der Waals surface area (Å²) in [6.07, 6.45) is 0. The maximum absolute atomic E-state index is 10.8. The van der Waals surface area contributed by atoms with Crippen LogP contribution in [0.4, 0.5) is 22.7 Å². The van der Waals surface area contributed by atoms with Crippen molar-refractivity contribution in [2.75, 3.05) is 18.2 Å². The Morgan fingerprint density at radius 2 is 1.62 bits per heavy atom. The zero-order valence-electron chi connectivity index (χ0n) is 12.3. The smallest absolute Gasteiger partial charge is 0.271 e. The van der Waals surface area contributed by atoms with Crippen LogP contribution in [0.3, 0.4) is 0 Å². The molecule has 0 fully saturated rings. The molecule has 0 amide bonds. The highest BCUT2D eigenvalue weighted by molar-refractivity contribution is 5.53. The lowest BCUT2D eigenvalue weighted by Gasteiger charge is -2.15. The van der Waals surface area contributed by atoms with Gasteiger partial charge >= 0.3 is 0 Å². The first-order valence-electron chi connectivity index (χ1n) is 6.80. The van der Waals surface area contributed by atoms with Gasteiger partial charge in [-0.05, 0) is 12.1 Å². The van der Waals surface area contributed by atoms with E-state index in [1.165, 1.54) is 47.5 Å². The summed E-state index contributed by atoms with van der Waals surface area (Å²) in [6.45, 7) is -0.198. The fraction of sp³-hybridized carbons (Fsp3) is 0.143. The Morgan fingerprint density at radius 3 is 2.25 bits per heavy atom. The van der Waals surface area contributed by atoms with Gasteiger partial charge in [0.15, 0.2) is 0 Å². The van der Waals surface area contributed by atoms with E-state index in [9.17, 15) is 20.2 Å². The van der Waals surface area contributed by atoms with E-state index in [0.717, 1.165) is 0 Å². The van der Waals surface area contributed by atoms with E-state index < -0.39 is 9.85 Å². The molecule has 0 spiro atoms. The van der Waals surface area contributed by atoms with Crippen molar-refractivity contribution < 1.29 is 15.0 Å². The Morgan fingerprint density at radius 1 is 1.00 bits per heavy atom. The molecule has 0 radical (unpaired) electrons. The van der Waals surface area contributed by atoms with Gasteiger partial charge in [0.25, 0.3) is 11.4 Å². The summed E-state index contributed by atoms with van der Waals surface area (Å²) in [6, 6.07) is 11.3. The van der Waals surface area contributed by atoms with Crippen molar-refractivity contribution in [3.8, 4) is 0 Å². The molecular formula is C14H13N5O5. The monoisotopic (exact) mass is 331 g/mol. The van der Waals surface area contributed by atoms with Gasteiger partial charge in [-0.25, -0.2) is 5.01 Å². The number of nitro groups is 2. The van der Waals surface area contributed by atoms with Crippen LogP contribution in [0, 0.1) is 20.2 Å². The zero-order chi connectivity index (χ0) is 17.5. The molecule has 0 aromatic heterocycles. The number of anilines is 1. The van der Waals surface area contributed by atoms with Crippen LogP contribution in [0.1, 0.15) is 0 Å². The fourth-order valence-corrected chi connectivity index (χ4v) is 1.86. The van der Waals surface area contributed by atoms with E-state index in [1.807, 2.05) is 0 Å². The Bertz CT molecular complexity index is 780. The number of hydrogen-bond acceptors (Lipinski definition) is 7. The van der Waals surface area contributed by atoms with Gasteiger partial charge in [-0.15, -0.1) is 5.11 Å². The highest BCUT2D eigenvalue weighted by atomic mass is 16.6. The number of nitrogens with zero attached hydrogens (tertiary/aromatic N) is 5. The van der Waals surface area contributed by atoms with Crippen LogP contribution in [0.5, 0.6) is 0 Å². The second kappa shape index (κ2) is 7.74. The number of nitro benzene ring substituents is 2. The minimum atomic E-state index is -0.551. The maximum atomic E-state index is 10.8. The fourth-order valence-electron chi connectivity index (χ4n) is 1.86. The normalized spacial score (nSPS) is 10.7. The molecule has 2 aromatic rings. The van der Waals surface area contributed by atoms with Gasteiger partial charge in [-0.2, -0.15) is 0 Å². The van der Waals surface area contributed by atoms with Gasteiger partial charge in [0.1, 0.15) is 0 Å². The van der Waals surface area contributed by atoms with Crippen molar-refractivity contribution in [1.82, 2.24) is 0 Å². The average Bonchev–Trinajstić information content (AvgIpc) is 2.59. The zero-order valence-corrected chi connectivity index (χ0v) is 12.3. The Balaban J connectivity index is 2.28. The van der Waals surface area contributed by atoms with E-state index in [-0.39, 0.29) is 30.2 Å². The Labute approximate surface area is 135 Å². The predicted octanol–water partition coefficient (Wildman–Crippen LogP) is 3.00. The quantitative estimate of drug-likeness (QED) is 0.470. The van der Waals surface area contributed by atoms with Crippen LogP contribution in [0.2, 0.25) is 0 Å². The molecule has 2 aromatic carbocycles. The molecule has 0 saturated carbocycles. The van der Waals surface area contributed by atoms with Crippen LogP contribution in [-0.4, -0.2) is 28.1 Å². The molecular weight excluding hydrogens is 318 g/mol. The van der Waals surface area contributed by atoms with Crippen LogP contribution >= 0.6 is 0 Å². The molecule has 24 heavy (non-hydrogen) atoms. The number of aliphatic hydroxyl groups is 1. The largest absolute Gasteiger partial charge is 0.394 e. The van der Waals surface area contributed by atoms with Gasteiger partial charge < -0.3 is 5.11 Å². The first-order valence-corrected chi connectivity index (χ1v) is 6.80. The van der Waals surface area contributed by atoms with Gasteiger partial charge in [0.2, 0.25) is 0 Å². The third-order valence-corrected chi connectivity index (χ3v) is 2.96. The number of benzene rings is 2. The lowest BCUT2D eigenvalue weighted by atomic mass is 10.3. The molecule has 0 aliphatic heterocycles. The van der Waals surface area contributed by atoms with E-state index in [0.29, 0.717) is 5.69 Å². The number of non-ortho nitro benzene ring substituents is 2. The van der Waals surface area contributed by atoms with E-state index >= 15 is 0 Å². The lowest BCUT2D eigenvalue weighted by Crippen LogP contribution is -2.19. The Hall–Kier alpha value is -3.40. The molecule has 0 saturated heterocycles. The summed E-state index contributed by atoms with van der Waals surface area (Å²) < 4.78 is 0.